The lowest BCUT2D eigenvalue weighted by Gasteiger charge is -2.04. The molecule has 0 unspecified atom stereocenters. The molecule has 2 aromatic rings. The monoisotopic (exact) mass is 301 g/mol. The molecule has 7 heteroatoms. The first-order chi connectivity index (χ1) is 8.74. The molecule has 0 aliphatic rings. The Bertz CT molecular complexity index is 504. The Labute approximate surface area is 120 Å². The van der Waals surface area contributed by atoms with Crippen molar-refractivity contribution in [2.24, 2.45) is 0 Å². The van der Waals surface area contributed by atoms with E-state index in [1.54, 1.807) is 23.7 Å². The van der Waals surface area contributed by atoms with E-state index in [-0.39, 0.29) is 30.7 Å². The van der Waals surface area contributed by atoms with Crippen LogP contribution in [0.1, 0.15) is 5.56 Å². The molecule has 0 fully saturated rings. The van der Waals surface area contributed by atoms with Gasteiger partial charge in [0.15, 0.2) is 5.13 Å². The van der Waals surface area contributed by atoms with Gasteiger partial charge in [0, 0.05) is 18.1 Å². The average molecular weight is 302 g/mol. The molecule has 0 atom stereocenters. The molecule has 1 heterocycles. The fourth-order valence-electron chi connectivity index (χ4n) is 1.37. The molecule has 1 amide bonds. The van der Waals surface area contributed by atoms with E-state index < -0.39 is 0 Å². The number of aromatic nitrogens is 1. The van der Waals surface area contributed by atoms with Crippen LogP contribution in [0.15, 0.2) is 35.8 Å². The Kier molecular flexibility index (Phi) is 6.41. The quantitative estimate of drug-likeness (QED) is 0.892. The SMILES string of the molecule is Cl.O=C(CNCc1ccc(F)cc1)Nc1nccs1. The van der Waals surface area contributed by atoms with Crippen LogP contribution in [0.3, 0.4) is 0 Å². The zero-order valence-corrected chi connectivity index (χ0v) is 11.6. The van der Waals surface area contributed by atoms with Gasteiger partial charge in [0.25, 0.3) is 0 Å². The highest BCUT2D eigenvalue weighted by Crippen LogP contribution is 2.09. The van der Waals surface area contributed by atoms with Gasteiger partial charge in [-0.2, -0.15) is 0 Å². The summed E-state index contributed by atoms with van der Waals surface area (Å²) >= 11 is 1.37. The number of nitrogens with one attached hydrogen (secondary N) is 2. The first kappa shape index (κ1) is 15.6. The van der Waals surface area contributed by atoms with Crippen LogP contribution in [-0.2, 0) is 11.3 Å². The highest BCUT2D eigenvalue weighted by Gasteiger charge is 2.03. The lowest BCUT2D eigenvalue weighted by atomic mass is 10.2. The Morgan fingerprint density at radius 3 is 2.68 bits per heavy atom. The van der Waals surface area contributed by atoms with Crippen molar-refractivity contribution in [1.82, 2.24) is 10.3 Å². The first-order valence-electron chi connectivity index (χ1n) is 5.38. The van der Waals surface area contributed by atoms with Gasteiger partial charge in [-0.25, -0.2) is 9.37 Å². The summed E-state index contributed by atoms with van der Waals surface area (Å²) in [5, 5.41) is 8.02. The number of nitrogens with zero attached hydrogens (tertiary/aromatic N) is 1. The average Bonchev–Trinajstić information content (AvgIpc) is 2.84. The topological polar surface area (TPSA) is 54.0 Å². The number of anilines is 1. The van der Waals surface area contributed by atoms with E-state index in [0.29, 0.717) is 11.7 Å². The fraction of sp³-hybridized carbons (Fsp3) is 0.167. The van der Waals surface area contributed by atoms with Gasteiger partial charge in [-0.15, -0.1) is 23.7 Å². The summed E-state index contributed by atoms with van der Waals surface area (Å²) in [6.07, 6.45) is 1.63. The highest BCUT2D eigenvalue weighted by molar-refractivity contribution is 7.13. The van der Waals surface area contributed by atoms with Crippen LogP contribution >= 0.6 is 23.7 Å². The van der Waals surface area contributed by atoms with Crippen molar-refractivity contribution in [2.45, 2.75) is 6.54 Å². The van der Waals surface area contributed by atoms with E-state index in [1.807, 2.05) is 0 Å². The van der Waals surface area contributed by atoms with Gasteiger partial charge >= 0.3 is 0 Å². The maximum atomic E-state index is 12.7. The van der Waals surface area contributed by atoms with Gasteiger partial charge in [-0.3, -0.25) is 4.79 Å². The summed E-state index contributed by atoms with van der Waals surface area (Å²) in [7, 11) is 0. The summed E-state index contributed by atoms with van der Waals surface area (Å²) in [6.45, 7) is 0.711. The van der Waals surface area contributed by atoms with E-state index in [0.717, 1.165) is 5.56 Å². The Hall–Kier alpha value is -1.50. The molecule has 0 bridgehead atoms. The molecule has 4 nitrogen and oxygen atoms in total. The summed E-state index contributed by atoms with van der Waals surface area (Å²) in [5.41, 5.74) is 0.929. The van der Waals surface area contributed by atoms with Crippen molar-refractivity contribution in [3.05, 3.63) is 47.2 Å². The number of rotatable bonds is 5. The molecule has 1 aromatic heterocycles. The molecule has 0 radical (unpaired) electrons. The number of halogens is 2. The van der Waals surface area contributed by atoms with Gasteiger partial charge in [-0.1, -0.05) is 12.1 Å². The Morgan fingerprint density at radius 1 is 1.32 bits per heavy atom. The number of benzene rings is 1. The van der Waals surface area contributed by atoms with Crippen LogP contribution in [0.4, 0.5) is 9.52 Å². The predicted octanol–water partition coefficient (Wildman–Crippen LogP) is 2.43. The minimum absolute atomic E-state index is 0. The molecule has 2 rings (SSSR count). The highest BCUT2D eigenvalue weighted by atomic mass is 35.5. The van der Waals surface area contributed by atoms with Crippen molar-refractivity contribution in [3.63, 3.8) is 0 Å². The number of carbonyl (C=O) groups excluding carboxylic acids is 1. The minimum Gasteiger partial charge on any atom is -0.304 e. The molecule has 0 aliphatic heterocycles. The summed E-state index contributed by atoms with van der Waals surface area (Å²) in [5.74, 6) is -0.410. The molecule has 0 saturated heterocycles. The van der Waals surface area contributed by atoms with Gasteiger partial charge < -0.3 is 10.6 Å². The van der Waals surface area contributed by atoms with Crippen LogP contribution < -0.4 is 10.6 Å². The van der Waals surface area contributed by atoms with Gasteiger partial charge in [0.2, 0.25) is 5.91 Å². The standard InChI is InChI=1S/C12H12FN3OS.ClH/c13-10-3-1-9(2-4-10)7-14-8-11(17)16-12-15-5-6-18-12;/h1-6,14H,7-8H2,(H,15,16,17);1H. The van der Waals surface area contributed by atoms with Crippen molar-refractivity contribution < 1.29 is 9.18 Å². The first-order valence-corrected chi connectivity index (χ1v) is 6.26. The molecular weight excluding hydrogens is 289 g/mol. The zero-order chi connectivity index (χ0) is 12.8. The van der Waals surface area contributed by atoms with Crippen LogP contribution in [0.2, 0.25) is 0 Å². The third kappa shape index (κ3) is 5.34. The molecule has 1 aromatic carbocycles. The summed E-state index contributed by atoms with van der Waals surface area (Å²) in [6, 6.07) is 6.15. The van der Waals surface area contributed by atoms with Crippen molar-refractivity contribution in [2.75, 3.05) is 11.9 Å². The molecular formula is C12H13ClFN3OS. The molecule has 19 heavy (non-hydrogen) atoms. The van der Waals surface area contributed by atoms with Crippen LogP contribution in [0.25, 0.3) is 0 Å². The van der Waals surface area contributed by atoms with Crippen molar-refractivity contribution in [3.8, 4) is 0 Å². The minimum atomic E-state index is -0.264. The molecule has 102 valence electrons. The summed E-state index contributed by atoms with van der Waals surface area (Å²) < 4.78 is 12.7. The molecule has 0 spiro atoms. The number of hydrogen-bond donors (Lipinski definition) is 2. The lowest BCUT2D eigenvalue weighted by molar-refractivity contribution is -0.115. The Morgan fingerprint density at radius 2 is 2.05 bits per heavy atom. The van der Waals surface area contributed by atoms with E-state index in [1.165, 1.54) is 23.5 Å². The maximum absolute atomic E-state index is 12.7. The van der Waals surface area contributed by atoms with Gasteiger partial charge in [0.1, 0.15) is 5.82 Å². The number of thiazole rings is 1. The second kappa shape index (κ2) is 7.83. The van der Waals surface area contributed by atoms with Crippen molar-refractivity contribution in [1.29, 1.82) is 0 Å². The number of carbonyl (C=O) groups is 1. The van der Waals surface area contributed by atoms with E-state index in [9.17, 15) is 9.18 Å². The third-order valence-corrected chi connectivity index (χ3v) is 2.90. The van der Waals surface area contributed by atoms with Crippen LogP contribution in [-0.4, -0.2) is 17.4 Å². The second-order valence-electron chi connectivity index (χ2n) is 3.62. The van der Waals surface area contributed by atoms with E-state index >= 15 is 0 Å². The second-order valence-corrected chi connectivity index (χ2v) is 4.51. The van der Waals surface area contributed by atoms with Crippen LogP contribution in [0.5, 0.6) is 0 Å². The van der Waals surface area contributed by atoms with E-state index in [4.69, 9.17) is 0 Å². The maximum Gasteiger partial charge on any atom is 0.240 e. The molecule has 0 saturated carbocycles. The third-order valence-electron chi connectivity index (χ3n) is 2.21. The Balaban J connectivity index is 0.00000180. The zero-order valence-electron chi connectivity index (χ0n) is 9.93. The fourth-order valence-corrected chi connectivity index (χ4v) is 1.92. The molecule has 2 N–H and O–H groups in total. The predicted molar refractivity (Wildman–Crippen MR) is 76.1 cm³/mol. The van der Waals surface area contributed by atoms with Crippen molar-refractivity contribution >= 4 is 34.8 Å². The normalized spacial score (nSPS) is 9.74. The van der Waals surface area contributed by atoms with Gasteiger partial charge in [-0.05, 0) is 17.7 Å². The molecule has 0 aliphatic carbocycles. The lowest BCUT2D eigenvalue weighted by Crippen LogP contribution is -2.27. The number of hydrogen-bond acceptors (Lipinski definition) is 4. The number of amides is 1. The van der Waals surface area contributed by atoms with Gasteiger partial charge in [0.05, 0.1) is 6.54 Å². The summed E-state index contributed by atoms with van der Waals surface area (Å²) in [4.78, 5) is 15.4. The smallest absolute Gasteiger partial charge is 0.240 e. The largest absolute Gasteiger partial charge is 0.304 e. The van der Waals surface area contributed by atoms with E-state index in [2.05, 4.69) is 15.6 Å². The van der Waals surface area contributed by atoms with Crippen LogP contribution in [0, 0.1) is 5.82 Å².